The van der Waals surface area contributed by atoms with Crippen LogP contribution in [0.1, 0.15) is 16.4 Å². The molecule has 0 unspecified atom stereocenters. The summed E-state index contributed by atoms with van der Waals surface area (Å²) in [5, 5.41) is 0. The fourth-order valence-corrected chi connectivity index (χ4v) is 0. The summed E-state index contributed by atoms with van der Waals surface area (Å²) in [5.41, 5.74) is -13.9. The number of rotatable bonds is 0. The quantitative estimate of drug-likeness (QED) is 0.457. The molecule has 32 valence electrons. The second-order valence-corrected chi connectivity index (χ2v) is 3.90. The average Bonchev–Trinajstić information content (AvgIpc) is 1.67. The predicted octanol–water partition coefficient (Wildman–Crippen LogP) is 1.95. The maximum atomic E-state index is 7.14. The first-order chi connectivity index (χ1) is 7.00. The van der Waals surface area contributed by atoms with Crippen molar-refractivity contribution >= 4 is 13.3 Å². The van der Waals surface area contributed by atoms with E-state index in [1.54, 1.807) is 0 Å². The van der Waals surface area contributed by atoms with E-state index in [0.717, 1.165) is 0 Å². The summed E-state index contributed by atoms with van der Waals surface area (Å²) in [6, 6.07) is 0. The van der Waals surface area contributed by atoms with Gasteiger partial charge < -0.3 is 0 Å². The van der Waals surface area contributed by atoms with E-state index in [-0.39, 0.29) is 0 Å². The predicted molar refractivity (Wildman–Crippen MR) is 29.2 cm³/mol. The Hall–Kier alpha value is 0.543. The molecule has 0 aliphatic heterocycles. The van der Waals surface area contributed by atoms with Crippen molar-refractivity contribution in [3.63, 3.8) is 0 Å². The Morgan fingerprint density at radius 1 is 1.20 bits per heavy atom. The molecule has 1 heteroatoms. The van der Waals surface area contributed by atoms with Crippen molar-refractivity contribution in [2.24, 2.45) is 0 Å². The molecule has 0 bridgehead atoms. The molecule has 0 atom stereocenters. The third kappa shape index (κ3) is 99.7. The van der Waals surface area contributed by atoms with Crippen molar-refractivity contribution in [2.45, 2.75) is 22.7 Å². The zero-order valence-corrected chi connectivity index (χ0v) is 4.60. The van der Waals surface area contributed by atoms with Gasteiger partial charge in [-0.3, -0.25) is 0 Å². The molecule has 0 N–H and O–H groups in total. The molecule has 0 aromatic rings. The van der Waals surface area contributed by atoms with Gasteiger partial charge in [0.05, 0.1) is 0 Å². The summed E-state index contributed by atoms with van der Waals surface area (Å²) < 4.78 is 85.7. The van der Waals surface area contributed by atoms with Crippen LogP contribution in [0.5, 0.6) is 0 Å². The second kappa shape index (κ2) is 1.33. The fraction of sp³-hybridized carbons (Fsp3) is 1.00. The van der Waals surface area contributed by atoms with Gasteiger partial charge in [-0.25, -0.2) is 0 Å². The van der Waals surface area contributed by atoms with Crippen molar-refractivity contribution in [2.75, 3.05) is 0 Å². The first-order valence-electron chi connectivity index (χ1n) is 7.00. The zero-order chi connectivity index (χ0) is 14.5. The van der Waals surface area contributed by atoms with Crippen LogP contribution in [0.15, 0.2) is 0 Å². The van der Waals surface area contributed by atoms with Crippen LogP contribution in [0.3, 0.4) is 0 Å². The minimum atomic E-state index is -6.25. The normalized spacial score (nSPS) is 57.6. The SMILES string of the molecule is [2H][C]([2H])([2H])[Ge]([C]([2H])([2H])[2H])([C]([2H])([2H])[2H])[C]([2H])([2H])[2H]. The molecule has 0 radical (unpaired) electrons. The molecule has 5 heavy (non-hydrogen) atoms. The molecule has 0 saturated carbocycles. The fourth-order valence-electron chi connectivity index (χ4n) is 0. The summed E-state index contributed by atoms with van der Waals surface area (Å²) in [6.45, 7) is 0. The van der Waals surface area contributed by atoms with Crippen molar-refractivity contribution in [3.05, 3.63) is 0 Å². The summed E-state index contributed by atoms with van der Waals surface area (Å²) in [5.74, 6) is 0. The van der Waals surface area contributed by atoms with Crippen LogP contribution in [0.2, 0.25) is 22.7 Å². The number of hydrogen-bond acceptors (Lipinski definition) is 0. The van der Waals surface area contributed by atoms with Crippen molar-refractivity contribution in [1.29, 1.82) is 0 Å². The molecule has 0 aromatic carbocycles. The Morgan fingerprint density at radius 3 is 1.60 bits per heavy atom. The standard InChI is InChI=1S/C4H12Ge/c1-5(2,3)4/h1-4H3/i1D3,2D3,3D3,4D3. The van der Waals surface area contributed by atoms with Crippen molar-refractivity contribution < 1.29 is 16.4 Å². The summed E-state index contributed by atoms with van der Waals surface area (Å²) >= 11 is -6.25. The minimum absolute atomic E-state index is 3.48. The molecule has 0 aliphatic rings. The first-order valence-corrected chi connectivity index (χ1v) is 5.20. The topological polar surface area (TPSA) is 0 Å². The third-order valence-corrected chi connectivity index (χ3v) is 0. The van der Waals surface area contributed by atoms with Crippen LogP contribution in [-0.2, 0) is 0 Å². The van der Waals surface area contributed by atoms with E-state index in [2.05, 4.69) is 0 Å². The van der Waals surface area contributed by atoms with Gasteiger partial charge in [-0.1, -0.05) is 0 Å². The van der Waals surface area contributed by atoms with Gasteiger partial charge in [0, 0.05) is 0 Å². The molecular formula is C4H12Ge. The van der Waals surface area contributed by atoms with Crippen LogP contribution in [0, 0.1) is 0 Å². The van der Waals surface area contributed by atoms with Gasteiger partial charge in [0.1, 0.15) is 0 Å². The molecule has 0 saturated heterocycles. The van der Waals surface area contributed by atoms with Crippen LogP contribution >= 0.6 is 0 Å². The average molecular weight is 145 g/mol. The summed E-state index contributed by atoms with van der Waals surface area (Å²) in [4.78, 5) is 0. The number of hydrogen-bond donors (Lipinski definition) is 0. The van der Waals surface area contributed by atoms with Gasteiger partial charge in [-0.15, -0.1) is 0 Å². The Kier molecular flexibility index (Phi) is 0.111. The van der Waals surface area contributed by atoms with E-state index in [0.29, 0.717) is 0 Å². The van der Waals surface area contributed by atoms with Gasteiger partial charge in [-0.05, 0) is 0 Å². The Balaban J connectivity index is 6.37. The Morgan fingerprint density at radius 2 is 1.60 bits per heavy atom. The third-order valence-electron chi connectivity index (χ3n) is 0. The molecule has 0 rings (SSSR count). The molecule has 0 heterocycles. The van der Waals surface area contributed by atoms with E-state index in [4.69, 9.17) is 16.4 Å². The van der Waals surface area contributed by atoms with E-state index < -0.39 is 36.0 Å². The van der Waals surface area contributed by atoms with Gasteiger partial charge in [0.15, 0.2) is 0 Å². The molecule has 0 aliphatic carbocycles. The summed E-state index contributed by atoms with van der Waals surface area (Å²) in [7, 11) is 0. The van der Waals surface area contributed by atoms with E-state index in [1.165, 1.54) is 0 Å². The zero-order valence-electron chi connectivity index (χ0n) is 14.5. The van der Waals surface area contributed by atoms with Crippen LogP contribution in [-0.4, -0.2) is 13.3 Å². The molecule has 0 fully saturated rings. The Bertz CT molecular complexity index is 211. The summed E-state index contributed by atoms with van der Waals surface area (Å²) in [6.07, 6.45) is 0. The van der Waals surface area contributed by atoms with Gasteiger partial charge in [-0.2, -0.15) is 0 Å². The van der Waals surface area contributed by atoms with Crippen LogP contribution < -0.4 is 0 Å². The monoisotopic (exact) mass is 146 g/mol. The Labute approximate surface area is 53.8 Å². The van der Waals surface area contributed by atoms with Crippen molar-refractivity contribution in [3.8, 4) is 0 Å². The van der Waals surface area contributed by atoms with Gasteiger partial charge >= 0.3 is 52.5 Å². The molecular weight excluding hydrogens is 121 g/mol. The molecule has 0 spiro atoms. The van der Waals surface area contributed by atoms with Crippen molar-refractivity contribution in [1.82, 2.24) is 0 Å². The van der Waals surface area contributed by atoms with Crippen LogP contribution in [0.4, 0.5) is 0 Å². The van der Waals surface area contributed by atoms with E-state index >= 15 is 0 Å². The molecule has 0 amide bonds. The van der Waals surface area contributed by atoms with Crippen LogP contribution in [0.25, 0.3) is 0 Å². The first kappa shape index (κ1) is 0.418. The molecule has 0 nitrogen and oxygen atoms in total. The van der Waals surface area contributed by atoms with E-state index in [9.17, 15) is 0 Å². The molecule has 0 aromatic heterocycles. The maximum absolute atomic E-state index is 7.14. The second-order valence-electron chi connectivity index (χ2n) is 0.750. The van der Waals surface area contributed by atoms with Gasteiger partial charge in [0.2, 0.25) is 0 Å². The van der Waals surface area contributed by atoms with E-state index in [1.807, 2.05) is 0 Å². The van der Waals surface area contributed by atoms with Gasteiger partial charge in [0.25, 0.3) is 0 Å².